The van der Waals surface area contributed by atoms with Crippen LogP contribution in [-0.2, 0) is 16.0 Å². The molecule has 0 bridgehead atoms. The minimum atomic E-state index is -0.354. The Morgan fingerprint density at radius 2 is 1.71 bits per heavy atom. The molecule has 3 aromatic carbocycles. The van der Waals surface area contributed by atoms with Gasteiger partial charge < -0.3 is 10.6 Å². The van der Waals surface area contributed by atoms with E-state index in [1.54, 1.807) is 0 Å². The number of thioether (sulfide) groups is 1. The summed E-state index contributed by atoms with van der Waals surface area (Å²) in [5.41, 5.74) is 1.96. The Kier molecular flexibility index (Phi) is 6.59. The number of thiazole rings is 1. The molecule has 4 aromatic rings. The first kappa shape index (κ1) is 21.0. The molecular weight excluding hydrogens is 433 g/mol. The standard InChI is InChI=1S/C23H18FN3O2S2/c24-16-8-10-17(11-9-16)25-22(29)14-31-23-26-18(13-30-23)12-21(28)27-20-7-3-5-15-4-1-2-6-19(15)20/h1-11,13H,12,14H2,(H,25,29)(H,27,28). The topological polar surface area (TPSA) is 71.1 Å². The molecule has 31 heavy (non-hydrogen) atoms. The number of carbonyl (C=O) groups is 2. The van der Waals surface area contributed by atoms with Gasteiger partial charge in [-0.2, -0.15) is 0 Å². The number of rotatable bonds is 7. The van der Waals surface area contributed by atoms with Crippen LogP contribution < -0.4 is 10.6 Å². The number of carbonyl (C=O) groups excluding carboxylic acids is 2. The average Bonchev–Trinajstić information content (AvgIpc) is 3.21. The maximum absolute atomic E-state index is 12.9. The van der Waals surface area contributed by atoms with E-state index in [0.29, 0.717) is 15.7 Å². The molecule has 0 aliphatic rings. The van der Waals surface area contributed by atoms with Crippen molar-refractivity contribution in [3.63, 3.8) is 0 Å². The van der Waals surface area contributed by atoms with Crippen LogP contribution in [0.1, 0.15) is 5.69 Å². The van der Waals surface area contributed by atoms with Crippen LogP contribution in [0.15, 0.2) is 76.4 Å². The summed E-state index contributed by atoms with van der Waals surface area (Å²) in [6, 6.07) is 19.3. The van der Waals surface area contributed by atoms with Crippen molar-refractivity contribution in [3.8, 4) is 0 Å². The van der Waals surface area contributed by atoms with Crippen LogP contribution >= 0.6 is 23.1 Å². The fourth-order valence-corrected chi connectivity index (χ4v) is 4.63. The van der Waals surface area contributed by atoms with Gasteiger partial charge in [-0.05, 0) is 35.7 Å². The van der Waals surface area contributed by atoms with Crippen LogP contribution in [0.5, 0.6) is 0 Å². The molecule has 0 aliphatic heterocycles. The van der Waals surface area contributed by atoms with E-state index in [9.17, 15) is 14.0 Å². The first-order chi connectivity index (χ1) is 15.1. The molecular formula is C23H18FN3O2S2. The Morgan fingerprint density at radius 3 is 2.55 bits per heavy atom. The van der Waals surface area contributed by atoms with Crippen LogP contribution in [0.2, 0.25) is 0 Å². The zero-order chi connectivity index (χ0) is 21.6. The second kappa shape index (κ2) is 9.72. The summed E-state index contributed by atoms with van der Waals surface area (Å²) < 4.78 is 13.6. The van der Waals surface area contributed by atoms with E-state index < -0.39 is 0 Å². The van der Waals surface area contributed by atoms with Crippen LogP contribution in [0.25, 0.3) is 10.8 Å². The maximum atomic E-state index is 12.9. The Bertz CT molecular complexity index is 1220. The summed E-state index contributed by atoms with van der Waals surface area (Å²) in [5.74, 6) is -0.534. The Hall–Kier alpha value is -3.23. The number of hydrogen-bond donors (Lipinski definition) is 2. The molecule has 8 heteroatoms. The van der Waals surface area contributed by atoms with E-state index in [1.165, 1.54) is 47.4 Å². The van der Waals surface area contributed by atoms with Crippen molar-refractivity contribution in [2.24, 2.45) is 0 Å². The molecule has 0 atom stereocenters. The normalized spacial score (nSPS) is 10.7. The number of hydrogen-bond acceptors (Lipinski definition) is 5. The van der Waals surface area contributed by atoms with Gasteiger partial charge in [-0.25, -0.2) is 9.37 Å². The third-order valence-corrected chi connectivity index (χ3v) is 6.46. The lowest BCUT2D eigenvalue weighted by atomic mass is 10.1. The summed E-state index contributed by atoms with van der Waals surface area (Å²) in [7, 11) is 0. The van der Waals surface area contributed by atoms with E-state index in [1.807, 2.05) is 47.8 Å². The predicted molar refractivity (Wildman–Crippen MR) is 124 cm³/mol. The van der Waals surface area contributed by atoms with E-state index in [-0.39, 0.29) is 29.8 Å². The fraction of sp³-hybridized carbons (Fsp3) is 0.0870. The van der Waals surface area contributed by atoms with Crippen molar-refractivity contribution in [1.82, 2.24) is 4.98 Å². The summed E-state index contributed by atoms with van der Waals surface area (Å²) in [4.78, 5) is 29.0. The van der Waals surface area contributed by atoms with Gasteiger partial charge >= 0.3 is 0 Å². The Morgan fingerprint density at radius 1 is 0.935 bits per heavy atom. The lowest BCUT2D eigenvalue weighted by Crippen LogP contribution is -2.15. The third kappa shape index (κ3) is 5.68. The lowest BCUT2D eigenvalue weighted by molar-refractivity contribution is -0.116. The third-order valence-electron chi connectivity index (χ3n) is 4.39. The quantitative estimate of drug-likeness (QED) is 0.372. The highest BCUT2D eigenvalue weighted by Crippen LogP contribution is 2.25. The number of benzene rings is 3. The molecule has 156 valence electrons. The molecule has 0 spiro atoms. The van der Waals surface area contributed by atoms with Gasteiger partial charge in [0.25, 0.3) is 0 Å². The van der Waals surface area contributed by atoms with Crippen LogP contribution in [0.3, 0.4) is 0 Å². The zero-order valence-corrected chi connectivity index (χ0v) is 17.9. The highest BCUT2D eigenvalue weighted by molar-refractivity contribution is 8.01. The molecule has 1 aromatic heterocycles. The summed E-state index contributed by atoms with van der Waals surface area (Å²) in [6.07, 6.45) is 0.155. The van der Waals surface area contributed by atoms with Crippen molar-refractivity contribution in [2.45, 2.75) is 10.8 Å². The average molecular weight is 452 g/mol. The van der Waals surface area contributed by atoms with Gasteiger partial charge in [-0.3, -0.25) is 9.59 Å². The molecule has 1 heterocycles. The number of nitrogens with zero attached hydrogens (tertiary/aromatic N) is 1. The smallest absolute Gasteiger partial charge is 0.234 e. The van der Waals surface area contributed by atoms with E-state index >= 15 is 0 Å². The number of fused-ring (bicyclic) bond motifs is 1. The molecule has 0 fully saturated rings. The highest BCUT2D eigenvalue weighted by atomic mass is 32.2. The highest BCUT2D eigenvalue weighted by Gasteiger charge is 2.11. The van der Waals surface area contributed by atoms with Crippen LogP contribution in [0.4, 0.5) is 15.8 Å². The Balaban J connectivity index is 1.29. The summed E-state index contributed by atoms with van der Waals surface area (Å²) >= 11 is 2.69. The minimum absolute atomic E-state index is 0.146. The second-order valence-corrected chi connectivity index (χ2v) is 8.78. The SMILES string of the molecule is O=C(CSc1nc(CC(=O)Nc2cccc3ccccc23)cs1)Nc1ccc(F)cc1. The molecule has 0 radical (unpaired) electrons. The Labute approximate surface area is 186 Å². The number of anilines is 2. The van der Waals surface area contributed by atoms with Crippen molar-refractivity contribution >= 4 is 57.1 Å². The first-order valence-corrected chi connectivity index (χ1v) is 11.3. The molecule has 0 saturated carbocycles. The fourth-order valence-electron chi connectivity index (χ4n) is 2.99. The zero-order valence-electron chi connectivity index (χ0n) is 16.3. The van der Waals surface area contributed by atoms with Gasteiger partial charge in [0.2, 0.25) is 11.8 Å². The van der Waals surface area contributed by atoms with Gasteiger partial charge in [-0.15, -0.1) is 11.3 Å². The first-order valence-electron chi connectivity index (χ1n) is 9.47. The molecule has 0 saturated heterocycles. The van der Waals surface area contributed by atoms with Crippen molar-refractivity contribution < 1.29 is 14.0 Å². The minimum Gasteiger partial charge on any atom is -0.325 e. The van der Waals surface area contributed by atoms with Crippen molar-refractivity contribution in [2.75, 3.05) is 16.4 Å². The van der Waals surface area contributed by atoms with Gasteiger partial charge in [0.15, 0.2) is 4.34 Å². The van der Waals surface area contributed by atoms with E-state index in [2.05, 4.69) is 15.6 Å². The number of halogens is 1. The monoisotopic (exact) mass is 451 g/mol. The van der Waals surface area contributed by atoms with Gasteiger partial charge in [-0.1, -0.05) is 48.2 Å². The van der Waals surface area contributed by atoms with E-state index in [4.69, 9.17) is 0 Å². The largest absolute Gasteiger partial charge is 0.325 e. The molecule has 0 aliphatic carbocycles. The number of amides is 2. The molecule has 5 nitrogen and oxygen atoms in total. The summed E-state index contributed by atoms with van der Waals surface area (Å²) in [6.45, 7) is 0. The van der Waals surface area contributed by atoms with Gasteiger partial charge in [0, 0.05) is 22.1 Å². The van der Waals surface area contributed by atoms with E-state index in [0.717, 1.165) is 16.5 Å². The number of nitrogens with one attached hydrogen (secondary N) is 2. The second-order valence-electron chi connectivity index (χ2n) is 6.70. The lowest BCUT2D eigenvalue weighted by Gasteiger charge is -2.08. The number of aromatic nitrogens is 1. The summed E-state index contributed by atoms with van der Waals surface area (Å²) in [5, 5.41) is 9.53. The molecule has 4 rings (SSSR count). The molecule has 2 N–H and O–H groups in total. The maximum Gasteiger partial charge on any atom is 0.234 e. The predicted octanol–water partition coefficient (Wildman–Crippen LogP) is 5.35. The van der Waals surface area contributed by atoms with Crippen molar-refractivity contribution in [1.29, 1.82) is 0 Å². The van der Waals surface area contributed by atoms with Gasteiger partial charge in [0.05, 0.1) is 17.9 Å². The van der Waals surface area contributed by atoms with Crippen LogP contribution in [-0.4, -0.2) is 22.6 Å². The molecule has 0 unspecified atom stereocenters. The van der Waals surface area contributed by atoms with Crippen molar-refractivity contribution in [3.05, 3.63) is 83.6 Å². The van der Waals surface area contributed by atoms with Gasteiger partial charge in [0.1, 0.15) is 5.82 Å². The van der Waals surface area contributed by atoms with Crippen LogP contribution in [0, 0.1) is 5.82 Å². The molecule has 2 amide bonds.